The molecule has 2 saturated heterocycles. The molecule has 0 aromatic carbocycles. The minimum Gasteiger partial charge on any atom is -0.370 e. The summed E-state index contributed by atoms with van der Waals surface area (Å²) >= 11 is 0. The molecule has 0 bridgehead atoms. The van der Waals surface area contributed by atoms with Gasteiger partial charge in [0.15, 0.2) is 0 Å². The summed E-state index contributed by atoms with van der Waals surface area (Å²) in [6, 6.07) is 0. The fourth-order valence-electron chi connectivity index (χ4n) is 2.54. The largest absolute Gasteiger partial charge is 0.370 e. The normalized spacial score (nSPS) is 22.2. The minimum absolute atomic E-state index is 0.227. The molecule has 0 aromatic rings. The number of rotatable bonds is 4. The van der Waals surface area contributed by atoms with Crippen molar-refractivity contribution in [3.05, 3.63) is 0 Å². The highest BCUT2D eigenvalue weighted by Crippen LogP contribution is 2.21. The molecule has 0 atom stereocenters. The van der Waals surface area contributed by atoms with Crippen LogP contribution in [0.5, 0.6) is 0 Å². The van der Waals surface area contributed by atoms with Gasteiger partial charge in [-0.2, -0.15) is 0 Å². The lowest BCUT2D eigenvalue weighted by Crippen LogP contribution is -2.46. The molecule has 0 radical (unpaired) electrons. The summed E-state index contributed by atoms with van der Waals surface area (Å²) < 4.78 is 0. The van der Waals surface area contributed by atoms with Crippen molar-refractivity contribution in [3.8, 4) is 0 Å². The molecular weight excluding hydrogens is 218 g/mol. The Morgan fingerprint density at radius 3 is 2.24 bits per heavy atom. The molecule has 5 heteroatoms. The third kappa shape index (κ3) is 3.43. The van der Waals surface area contributed by atoms with Crippen LogP contribution in [-0.4, -0.2) is 42.9 Å². The Morgan fingerprint density at radius 1 is 1.12 bits per heavy atom. The Bertz CT molecular complexity index is 294. The van der Waals surface area contributed by atoms with E-state index in [1.54, 1.807) is 0 Å². The van der Waals surface area contributed by atoms with Crippen LogP contribution in [0.15, 0.2) is 0 Å². The van der Waals surface area contributed by atoms with Crippen LogP contribution in [0.2, 0.25) is 0 Å². The molecule has 2 fully saturated rings. The average molecular weight is 239 g/mol. The number of hydrogen-bond donors (Lipinski definition) is 2. The molecule has 2 aliphatic heterocycles. The number of nitrogens with one attached hydrogen (secondary N) is 1. The second-order valence-electron chi connectivity index (χ2n) is 5.22. The van der Waals surface area contributed by atoms with E-state index in [1.165, 1.54) is 0 Å². The van der Waals surface area contributed by atoms with Gasteiger partial charge in [0.2, 0.25) is 11.8 Å². The molecule has 0 saturated carbocycles. The van der Waals surface area contributed by atoms with Crippen LogP contribution in [0, 0.1) is 11.8 Å². The van der Waals surface area contributed by atoms with E-state index in [-0.39, 0.29) is 11.8 Å². The summed E-state index contributed by atoms with van der Waals surface area (Å²) in [6.07, 6.45) is 2.97. The number of carbonyl (C=O) groups excluding carboxylic acids is 2. The van der Waals surface area contributed by atoms with Crippen molar-refractivity contribution in [2.45, 2.75) is 25.7 Å². The Kier molecular flexibility index (Phi) is 3.99. The summed E-state index contributed by atoms with van der Waals surface area (Å²) in [7, 11) is 0. The highest BCUT2D eigenvalue weighted by Gasteiger charge is 2.27. The number of hydrogen-bond acceptors (Lipinski definition) is 3. The predicted octanol–water partition coefficient (Wildman–Crippen LogP) is -0.290. The molecule has 2 aliphatic rings. The van der Waals surface area contributed by atoms with Gasteiger partial charge in [-0.15, -0.1) is 0 Å². The first kappa shape index (κ1) is 12.4. The molecule has 5 nitrogen and oxygen atoms in total. The molecule has 17 heavy (non-hydrogen) atoms. The monoisotopic (exact) mass is 239 g/mol. The molecule has 2 heterocycles. The average Bonchev–Trinajstić information content (AvgIpc) is 2.23. The van der Waals surface area contributed by atoms with Gasteiger partial charge in [0.1, 0.15) is 0 Å². The first-order chi connectivity index (χ1) is 8.15. The van der Waals surface area contributed by atoms with Crippen LogP contribution in [0.25, 0.3) is 0 Å². The molecule has 2 amide bonds. The molecule has 3 N–H and O–H groups in total. The van der Waals surface area contributed by atoms with Gasteiger partial charge in [0, 0.05) is 25.9 Å². The van der Waals surface area contributed by atoms with Crippen molar-refractivity contribution >= 4 is 11.8 Å². The van der Waals surface area contributed by atoms with Crippen LogP contribution >= 0.6 is 0 Å². The number of primary amides is 1. The zero-order valence-electron chi connectivity index (χ0n) is 10.2. The number of piperidine rings is 1. The van der Waals surface area contributed by atoms with E-state index in [0.717, 1.165) is 39.0 Å². The second-order valence-corrected chi connectivity index (χ2v) is 5.22. The van der Waals surface area contributed by atoms with Crippen molar-refractivity contribution in [1.82, 2.24) is 10.2 Å². The third-order valence-electron chi connectivity index (χ3n) is 3.79. The van der Waals surface area contributed by atoms with Crippen LogP contribution < -0.4 is 11.1 Å². The van der Waals surface area contributed by atoms with Crippen LogP contribution in [0.4, 0.5) is 0 Å². The summed E-state index contributed by atoms with van der Waals surface area (Å²) in [6.45, 7) is 3.53. The molecule has 96 valence electrons. The van der Waals surface area contributed by atoms with E-state index in [0.29, 0.717) is 24.7 Å². The van der Waals surface area contributed by atoms with Gasteiger partial charge in [-0.05, 0) is 37.8 Å². The molecule has 0 aliphatic carbocycles. The lowest BCUT2D eigenvalue weighted by Gasteiger charge is -2.34. The Morgan fingerprint density at radius 2 is 1.76 bits per heavy atom. The molecule has 2 rings (SSSR count). The number of likely N-dealkylation sites (tertiary alicyclic amines) is 1. The van der Waals surface area contributed by atoms with E-state index < -0.39 is 0 Å². The van der Waals surface area contributed by atoms with Crippen LogP contribution in [-0.2, 0) is 9.59 Å². The van der Waals surface area contributed by atoms with E-state index in [4.69, 9.17) is 5.73 Å². The van der Waals surface area contributed by atoms with Gasteiger partial charge in [-0.25, -0.2) is 0 Å². The molecule has 0 spiro atoms. The van der Waals surface area contributed by atoms with Gasteiger partial charge in [-0.3, -0.25) is 9.59 Å². The fraction of sp³-hybridized carbons (Fsp3) is 0.833. The number of carbonyl (C=O) groups is 2. The van der Waals surface area contributed by atoms with Gasteiger partial charge < -0.3 is 16.0 Å². The second kappa shape index (κ2) is 5.49. The first-order valence-corrected chi connectivity index (χ1v) is 6.42. The smallest absolute Gasteiger partial charge is 0.222 e. The van der Waals surface area contributed by atoms with Gasteiger partial charge >= 0.3 is 0 Å². The minimum atomic E-state index is -0.227. The SMILES string of the molecule is NC(=O)CC1CCN(C(=O)CC2CNC2)CC1. The summed E-state index contributed by atoms with van der Waals surface area (Å²) in [5, 5.41) is 3.18. The summed E-state index contributed by atoms with van der Waals surface area (Å²) in [4.78, 5) is 24.7. The van der Waals surface area contributed by atoms with Gasteiger partial charge in [-0.1, -0.05) is 0 Å². The zero-order chi connectivity index (χ0) is 12.3. The predicted molar refractivity (Wildman–Crippen MR) is 64.1 cm³/mol. The highest BCUT2D eigenvalue weighted by molar-refractivity contribution is 5.77. The fourth-order valence-corrected chi connectivity index (χ4v) is 2.54. The highest BCUT2D eigenvalue weighted by atomic mass is 16.2. The van der Waals surface area contributed by atoms with Gasteiger partial charge in [0.05, 0.1) is 0 Å². The Hall–Kier alpha value is -1.10. The van der Waals surface area contributed by atoms with E-state index in [1.807, 2.05) is 4.90 Å². The van der Waals surface area contributed by atoms with Gasteiger partial charge in [0.25, 0.3) is 0 Å². The van der Waals surface area contributed by atoms with Crippen molar-refractivity contribution < 1.29 is 9.59 Å². The maximum Gasteiger partial charge on any atom is 0.222 e. The summed E-state index contributed by atoms with van der Waals surface area (Å²) in [5.74, 6) is 0.956. The number of amides is 2. The lowest BCUT2D eigenvalue weighted by molar-refractivity contribution is -0.134. The first-order valence-electron chi connectivity index (χ1n) is 6.42. The zero-order valence-corrected chi connectivity index (χ0v) is 10.2. The number of nitrogens with two attached hydrogens (primary N) is 1. The lowest BCUT2D eigenvalue weighted by atomic mass is 9.92. The van der Waals surface area contributed by atoms with E-state index in [9.17, 15) is 9.59 Å². The Balaban J connectivity index is 1.70. The standard InChI is InChI=1S/C12H21N3O2/c13-11(16)5-9-1-3-15(4-2-9)12(17)6-10-7-14-8-10/h9-10,14H,1-8H2,(H2,13,16). The Labute approximate surface area is 102 Å². The van der Waals surface area contributed by atoms with Crippen molar-refractivity contribution in [2.24, 2.45) is 17.6 Å². The topological polar surface area (TPSA) is 75.4 Å². The summed E-state index contributed by atoms with van der Waals surface area (Å²) in [5.41, 5.74) is 5.18. The maximum absolute atomic E-state index is 11.9. The van der Waals surface area contributed by atoms with E-state index >= 15 is 0 Å². The molecular formula is C12H21N3O2. The third-order valence-corrected chi connectivity index (χ3v) is 3.79. The maximum atomic E-state index is 11.9. The van der Waals surface area contributed by atoms with E-state index in [2.05, 4.69) is 5.32 Å². The van der Waals surface area contributed by atoms with Crippen molar-refractivity contribution in [2.75, 3.05) is 26.2 Å². The number of nitrogens with zero attached hydrogens (tertiary/aromatic N) is 1. The molecule has 0 aromatic heterocycles. The molecule has 0 unspecified atom stereocenters. The van der Waals surface area contributed by atoms with Crippen molar-refractivity contribution in [1.29, 1.82) is 0 Å². The quantitative estimate of drug-likeness (QED) is 0.708. The van der Waals surface area contributed by atoms with Crippen molar-refractivity contribution in [3.63, 3.8) is 0 Å². The van der Waals surface area contributed by atoms with Crippen LogP contribution in [0.1, 0.15) is 25.7 Å². The van der Waals surface area contributed by atoms with Crippen LogP contribution in [0.3, 0.4) is 0 Å².